The van der Waals surface area contributed by atoms with Crippen molar-refractivity contribution in [1.29, 1.82) is 0 Å². The van der Waals surface area contributed by atoms with E-state index < -0.39 is 5.76 Å². The number of piperidine rings is 1. The van der Waals surface area contributed by atoms with E-state index in [0.717, 1.165) is 61.7 Å². The van der Waals surface area contributed by atoms with Gasteiger partial charge in [0.2, 0.25) is 17.6 Å². The second-order valence-electron chi connectivity index (χ2n) is 12.8. The van der Waals surface area contributed by atoms with E-state index in [-0.39, 0.29) is 23.7 Å². The lowest BCUT2D eigenvalue weighted by molar-refractivity contribution is 0.285. The molecule has 2 aliphatic carbocycles. The van der Waals surface area contributed by atoms with Gasteiger partial charge in [-0.25, -0.2) is 14.8 Å². The maximum atomic E-state index is 11.8. The Bertz CT molecular complexity index is 1650. The van der Waals surface area contributed by atoms with Gasteiger partial charge in [-0.15, -0.1) is 0 Å². The molecule has 11 nitrogen and oxygen atoms in total. The van der Waals surface area contributed by atoms with Crippen molar-refractivity contribution in [3.05, 3.63) is 47.2 Å². The van der Waals surface area contributed by atoms with E-state index in [9.17, 15) is 4.79 Å². The number of H-pyrrole nitrogens is 1. The minimum absolute atomic E-state index is 0.141. The minimum atomic E-state index is -0.644. The van der Waals surface area contributed by atoms with Crippen LogP contribution in [0.1, 0.15) is 89.7 Å². The van der Waals surface area contributed by atoms with Gasteiger partial charge in [-0.05, 0) is 81.3 Å². The molecular formula is C32H41N9O2. The molecule has 1 saturated heterocycles. The van der Waals surface area contributed by atoms with Gasteiger partial charge in [-0.2, -0.15) is 4.98 Å². The number of fused-ring (bicyclic) bond motifs is 1. The molecule has 3 fully saturated rings. The Labute approximate surface area is 251 Å². The summed E-state index contributed by atoms with van der Waals surface area (Å²) in [5, 5.41) is 7.63. The van der Waals surface area contributed by atoms with Gasteiger partial charge in [-0.3, -0.25) is 19.1 Å². The van der Waals surface area contributed by atoms with Crippen molar-refractivity contribution in [2.45, 2.75) is 90.1 Å². The van der Waals surface area contributed by atoms with Crippen molar-refractivity contribution in [2.24, 2.45) is 17.8 Å². The summed E-state index contributed by atoms with van der Waals surface area (Å²) in [6, 6.07) is 4.52. The molecule has 43 heavy (non-hydrogen) atoms. The van der Waals surface area contributed by atoms with Gasteiger partial charge in [0.15, 0.2) is 11.5 Å². The highest BCUT2D eigenvalue weighted by molar-refractivity contribution is 5.91. The Morgan fingerprint density at radius 2 is 1.93 bits per heavy atom. The molecule has 0 aromatic carbocycles. The second-order valence-corrected chi connectivity index (χ2v) is 12.8. The molecule has 11 heteroatoms. The SMILES string of the molecule is C=C(C1CCC(C)CC1)n1c(N2CCCCC2c2cccnc2)nc2nc(-c3noc(=O)[nH]3)nc(N[C@H](C)C3CCC3)c21. The Kier molecular flexibility index (Phi) is 7.48. The summed E-state index contributed by atoms with van der Waals surface area (Å²) < 4.78 is 7.06. The third-order valence-electron chi connectivity index (χ3n) is 9.97. The fourth-order valence-electron chi connectivity index (χ4n) is 7.11. The smallest absolute Gasteiger partial charge is 0.365 e. The summed E-state index contributed by atoms with van der Waals surface area (Å²) >= 11 is 0. The van der Waals surface area contributed by atoms with Gasteiger partial charge in [-0.1, -0.05) is 44.0 Å². The fourth-order valence-corrected chi connectivity index (χ4v) is 7.11. The molecule has 7 rings (SSSR count). The second kappa shape index (κ2) is 11.6. The van der Waals surface area contributed by atoms with E-state index in [1.165, 1.54) is 37.7 Å². The van der Waals surface area contributed by atoms with Crippen LogP contribution in [0.3, 0.4) is 0 Å². The first-order valence-corrected chi connectivity index (χ1v) is 16.0. The van der Waals surface area contributed by atoms with Gasteiger partial charge in [0.05, 0.1) is 6.04 Å². The highest BCUT2D eigenvalue weighted by atomic mass is 16.5. The summed E-state index contributed by atoms with van der Waals surface area (Å²) in [6.45, 7) is 10.2. The largest absolute Gasteiger partial charge is 0.439 e. The molecule has 0 radical (unpaired) electrons. The third-order valence-corrected chi connectivity index (χ3v) is 9.97. The topological polar surface area (TPSA) is 131 Å². The molecule has 3 aliphatic rings. The molecule has 0 bridgehead atoms. The molecule has 226 valence electrons. The van der Waals surface area contributed by atoms with Crippen LogP contribution in [0.2, 0.25) is 0 Å². The van der Waals surface area contributed by atoms with E-state index in [1.807, 2.05) is 18.5 Å². The zero-order valence-corrected chi connectivity index (χ0v) is 25.1. The first kappa shape index (κ1) is 27.8. The minimum Gasteiger partial charge on any atom is -0.365 e. The summed E-state index contributed by atoms with van der Waals surface area (Å²) in [7, 11) is 0. The standard InChI is InChI=1S/C32H41N9O2/c1-19-12-14-23(15-13-19)21(3)41-26-27(34-20(2)22-8-6-9-22)35-29(30-38-32(42)43-39-30)36-28(26)37-31(41)40-17-5-4-11-25(40)24-10-7-16-33-18-24/h7,10,16,18-20,22-23,25H,3-6,8-9,11-15,17H2,1-2H3,(H,34,35,36)(H,38,39,42)/t19?,20-,23?,25?/m1/s1. The molecule has 1 unspecified atom stereocenters. The average Bonchev–Trinajstić information content (AvgIpc) is 3.60. The van der Waals surface area contributed by atoms with Crippen LogP contribution in [-0.2, 0) is 0 Å². The lowest BCUT2D eigenvalue weighted by Gasteiger charge is -2.38. The number of imidazole rings is 1. The van der Waals surface area contributed by atoms with Gasteiger partial charge in [0, 0.05) is 30.7 Å². The first-order valence-electron chi connectivity index (χ1n) is 16.0. The predicted octanol–water partition coefficient (Wildman–Crippen LogP) is 6.19. The van der Waals surface area contributed by atoms with Crippen LogP contribution in [0.4, 0.5) is 11.8 Å². The number of rotatable bonds is 8. The molecule has 4 aromatic rings. The van der Waals surface area contributed by atoms with Crippen LogP contribution in [0.5, 0.6) is 0 Å². The average molecular weight is 584 g/mol. The van der Waals surface area contributed by atoms with Crippen molar-refractivity contribution in [3.8, 4) is 11.6 Å². The number of aromatic amines is 1. The zero-order chi connectivity index (χ0) is 29.5. The molecule has 5 heterocycles. The lowest BCUT2D eigenvalue weighted by atomic mass is 9.80. The van der Waals surface area contributed by atoms with Crippen LogP contribution >= 0.6 is 0 Å². The summed E-state index contributed by atoms with van der Waals surface area (Å²) in [4.78, 5) is 36.4. The Balaban J connectivity index is 1.41. The Morgan fingerprint density at radius 1 is 1.09 bits per heavy atom. The highest BCUT2D eigenvalue weighted by Gasteiger charge is 2.34. The van der Waals surface area contributed by atoms with Gasteiger partial charge >= 0.3 is 5.76 Å². The first-order chi connectivity index (χ1) is 21.0. The summed E-state index contributed by atoms with van der Waals surface area (Å²) in [5.74, 6) is 3.00. The third kappa shape index (κ3) is 5.34. The Morgan fingerprint density at radius 3 is 2.63 bits per heavy atom. The van der Waals surface area contributed by atoms with Gasteiger partial charge < -0.3 is 10.2 Å². The number of anilines is 2. The van der Waals surface area contributed by atoms with Crippen molar-refractivity contribution < 1.29 is 4.52 Å². The monoisotopic (exact) mass is 583 g/mol. The van der Waals surface area contributed by atoms with E-state index >= 15 is 0 Å². The van der Waals surface area contributed by atoms with Crippen LogP contribution in [0, 0.1) is 17.8 Å². The van der Waals surface area contributed by atoms with E-state index in [0.29, 0.717) is 23.3 Å². The Hall–Kier alpha value is -4.02. The number of allylic oxidation sites excluding steroid dienone is 1. The normalized spacial score (nSPS) is 23.7. The number of hydrogen-bond acceptors (Lipinski definition) is 9. The molecule has 2 atom stereocenters. The molecule has 4 aromatic heterocycles. The molecule has 0 spiro atoms. The van der Waals surface area contributed by atoms with Gasteiger partial charge in [0.25, 0.3) is 0 Å². The molecule has 0 amide bonds. The van der Waals surface area contributed by atoms with Crippen LogP contribution in [0.15, 0.2) is 40.4 Å². The maximum Gasteiger partial charge on any atom is 0.439 e. The van der Waals surface area contributed by atoms with Gasteiger partial charge in [0.1, 0.15) is 5.52 Å². The van der Waals surface area contributed by atoms with Crippen LogP contribution in [-0.4, -0.2) is 47.2 Å². The van der Waals surface area contributed by atoms with Crippen LogP contribution in [0.25, 0.3) is 28.5 Å². The number of nitrogens with zero attached hydrogens (tertiary/aromatic N) is 7. The van der Waals surface area contributed by atoms with E-state index in [1.54, 1.807) is 0 Å². The van der Waals surface area contributed by atoms with Crippen LogP contribution < -0.4 is 16.0 Å². The maximum absolute atomic E-state index is 11.8. The van der Waals surface area contributed by atoms with Crippen molar-refractivity contribution >= 4 is 28.6 Å². The van der Waals surface area contributed by atoms with Crippen molar-refractivity contribution in [3.63, 3.8) is 0 Å². The summed E-state index contributed by atoms with van der Waals surface area (Å²) in [5.41, 5.74) is 3.61. The van der Waals surface area contributed by atoms with Crippen molar-refractivity contribution in [1.82, 2.24) is 34.6 Å². The molecule has 2 N–H and O–H groups in total. The van der Waals surface area contributed by atoms with E-state index in [4.69, 9.17) is 26.1 Å². The lowest BCUT2D eigenvalue weighted by Crippen LogP contribution is -2.36. The van der Waals surface area contributed by atoms with E-state index in [2.05, 4.69) is 49.8 Å². The highest BCUT2D eigenvalue weighted by Crippen LogP contribution is 2.43. The number of nitrogens with one attached hydrogen (secondary N) is 2. The summed E-state index contributed by atoms with van der Waals surface area (Å²) in [6.07, 6.45) is 15.3. The molecule has 2 saturated carbocycles. The fraction of sp³-hybridized carbons (Fsp3) is 0.562. The quantitative estimate of drug-likeness (QED) is 0.249. The number of pyridine rings is 1. The van der Waals surface area contributed by atoms with Crippen molar-refractivity contribution in [2.75, 3.05) is 16.8 Å². The zero-order valence-electron chi connectivity index (χ0n) is 25.1. The number of hydrogen-bond donors (Lipinski definition) is 2. The molecule has 1 aliphatic heterocycles. The number of aromatic nitrogens is 7. The predicted molar refractivity (Wildman–Crippen MR) is 166 cm³/mol. The molecular weight excluding hydrogens is 542 g/mol.